The van der Waals surface area contributed by atoms with Gasteiger partial charge >= 0.3 is 6.03 Å². The Hall–Kier alpha value is -2.70. The van der Waals surface area contributed by atoms with Crippen LogP contribution in [0.25, 0.3) is 0 Å². The Morgan fingerprint density at radius 3 is 2.91 bits per heavy atom. The Morgan fingerprint density at radius 2 is 2.22 bits per heavy atom. The molecule has 0 aliphatic rings. The lowest BCUT2D eigenvalue weighted by Crippen LogP contribution is -2.30. The van der Waals surface area contributed by atoms with E-state index >= 15 is 0 Å². The van der Waals surface area contributed by atoms with E-state index in [4.69, 9.17) is 9.47 Å². The number of hydrogen-bond donors (Lipinski definition) is 2. The molecular weight excluding hydrogens is 296 g/mol. The molecule has 2 N–H and O–H groups in total. The van der Waals surface area contributed by atoms with Crippen molar-refractivity contribution in [3.63, 3.8) is 0 Å². The number of methoxy groups -OCH3 is 1. The number of aromatic nitrogens is 2. The van der Waals surface area contributed by atoms with Crippen LogP contribution in [0.4, 0.5) is 10.5 Å². The summed E-state index contributed by atoms with van der Waals surface area (Å²) in [5.74, 6) is 1.24. The zero-order valence-electron chi connectivity index (χ0n) is 13.4. The second-order valence-electron chi connectivity index (χ2n) is 4.83. The molecule has 0 aliphatic carbocycles. The molecule has 0 aliphatic heterocycles. The third-order valence-corrected chi connectivity index (χ3v) is 3.16. The Labute approximate surface area is 135 Å². The van der Waals surface area contributed by atoms with E-state index in [0.29, 0.717) is 30.3 Å². The molecule has 0 saturated heterocycles. The zero-order chi connectivity index (χ0) is 16.5. The Kier molecular flexibility index (Phi) is 6.28. The van der Waals surface area contributed by atoms with Crippen molar-refractivity contribution in [3.05, 3.63) is 36.9 Å². The first-order valence-corrected chi connectivity index (χ1v) is 7.54. The summed E-state index contributed by atoms with van der Waals surface area (Å²) in [6, 6.07) is 5.03. The van der Waals surface area contributed by atoms with Crippen molar-refractivity contribution in [2.45, 2.75) is 19.9 Å². The van der Waals surface area contributed by atoms with Crippen LogP contribution in [-0.2, 0) is 6.54 Å². The van der Waals surface area contributed by atoms with Gasteiger partial charge in [0.15, 0.2) is 11.5 Å². The van der Waals surface area contributed by atoms with Gasteiger partial charge in [-0.05, 0) is 25.5 Å². The van der Waals surface area contributed by atoms with E-state index in [2.05, 4.69) is 15.6 Å². The Bertz CT molecular complexity index is 614. The van der Waals surface area contributed by atoms with Crippen LogP contribution < -0.4 is 20.1 Å². The van der Waals surface area contributed by atoms with Gasteiger partial charge < -0.3 is 24.7 Å². The number of aryl methyl sites for hydroxylation is 1. The average molecular weight is 318 g/mol. The highest BCUT2D eigenvalue weighted by atomic mass is 16.5. The van der Waals surface area contributed by atoms with Gasteiger partial charge in [0, 0.05) is 37.2 Å². The maximum atomic E-state index is 11.9. The van der Waals surface area contributed by atoms with Crippen LogP contribution in [0.5, 0.6) is 11.5 Å². The average Bonchev–Trinajstić information content (AvgIpc) is 3.06. The van der Waals surface area contributed by atoms with Crippen molar-refractivity contribution in [3.8, 4) is 11.5 Å². The molecule has 1 heterocycles. The Morgan fingerprint density at radius 1 is 1.35 bits per heavy atom. The number of imidazole rings is 1. The fourth-order valence-electron chi connectivity index (χ4n) is 2.08. The van der Waals surface area contributed by atoms with Gasteiger partial charge in [0.25, 0.3) is 0 Å². The summed E-state index contributed by atoms with van der Waals surface area (Å²) in [4.78, 5) is 15.9. The van der Waals surface area contributed by atoms with Crippen molar-refractivity contribution < 1.29 is 14.3 Å². The fourth-order valence-corrected chi connectivity index (χ4v) is 2.08. The molecule has 2 amide bonds. The summed E-state index contributed by atoms with van der Waals surface area (Å²) < 4.78 is 12.7. The first kappa shape index (κ1) is 16.7. The molecule has 23 heavy (non-hydrogen) atoms. The van der Waals surface area contributed by atoms with Gasteiger partial charge in [0.2, 0.25) is 0 Å². The molecule has 1 aromatic carbocycles. The number of carbonyl (C=O) groups excluding carboxylic acids is 1. The molecule has 0 saturated carbocycles. The molecule has 0 spiro atoms. The molecule has 1 aromatic heterocycles. The van der Waals surface area contributed by atoms with E-state index in [9.17, 15) is 4.79 Å². The normalized spacial score (nSPS) is 10.2. The lowest BCUT2D eigenvalue weighted by molar-refractivity contribution is 0.252. The van der Waals surface area contributed by atoms with Gasteiger partial charge in [-0.1, -0.05) is 0 Å². The van der Waals surface area contributed by atoms with E-state index in [1.54, 1.807) is 37.8 Å². The van der Waals surface area contributed by atoms with Crippen LogP contribution in [0.3, 0.4) is 0 Å². The number of rotatable bonds is 8. The number of nitrogens with one attached hydrogen (secondary N) is 2. The monoisotopic (exact) mass is 318 g/mol. The summed E-state index contributed by atoms with van der Waals surface area (Å²) in [6.45, 7) is 3.82. The van der Waals surface area contributed by atoms with Crippen molar-refractivity contribution in [2.75, 3.05) is 25.6 Å². The van der Waals surface area contributed by atoms with E-state index in [1.165, 1.54) is 0 Å². The first-order valence-electron chi connectivity index (χ1n) is 7.54. The topological polar surface area (TPSA) is 77.4 Å². The van der Waals surface area contributed by atoms with Gasteiger partial charge in [0.1, 0.15) is 0 Å². The lowest BCUT2D eigenvalue weighted by atomic mass is 10.2. The maximum Gasteiger partial charge on any atom is 0.319 e. The molecule has 2 rings (SSSR count). The molecule has 0 unspecified atom stereocenters. The Balaban J connectivity index is 1.79. The molecular formula is C16H22N4O3. The third-order valence-electron chi connectivity index (χ3n) is 3.16. The fraction of sp³-hybridized carbons (Fsp3) is 0.375. The number of benzene rings is 1. The predicted octanol–water partition coefficient (Wildman–Crippen LogP) is 2.50. The summed E-state index contributed by atoms with van der Waals surface area (Å²) in [5, 5.41) is 5.60. The van der Waals surface area contributed by atoms with Crippen LogP contribution in [0, 0.1) is 0 Å². The number of nitrogens with zero attached hydrogens (tertiary/aromatic N) is 2. The number of carbonyl (C=O) groups is 1. The van der Waals surface area contributed by atoms with Crippen molar-refractivity contribution in [1.82, 2.24) is 14.9 Å². The maximum absolute atomic E-state index is 11.9. The van der Waals surface area contributed by atoms with Crippen molar-refractivity contribution in [1.29, 1.82) is 0 Å². The summed E-state index contributed by atoms with van der Waals surface area (Å²) in [5.41, 5.74) is 0.654. The van der Waals surface area contributed by atoms with Gasteiger partial charge in [-0.3, -0.25) is 0 Å². The van der Waals surface area contributed by atoms with Crippen LogP contribution in [0.15, 0.2) is 36.9 Å². The highest BCUT2D eigenvalue weighted by Gasteiger charge is 2.07. The number of amides is 2. The number of urea groups is 1. The molecule has 7 nitrogen and oxygen atoms in total. The molecule has 0 fully saturated rings. The van der Waals surface area contributed by atoms with Crippen LogP contribution in [0.2, 0.25) is 0 Å². The third kappa shape index (κ3) is 5.21. The van der Waals surface area contributed by atoms with Gasteiger partial charge in [-0.25, -0.2) is 9.78 Å². The molecule has 7 heteroatoms. The highest BCUT2D eigenvalue weighted by molar-refractivity contribution is 5.89. The predicted molar refractivity (Wildman–Crippen MR) is 88.0 cm³/mol. The SMILES string of the molecule is CCOc1cc(NC(=O)NCCCn2ccnc2)ccc1OC. The molecule has 2 aromatic rings. The largest absolute Gasteiger partial charge is 0.493 e. The number of hydrogen-bond acceptors (Lipinski definition) is 4. The number of ether oxygens (including phenoxy) is 2. The van der Waals surface area contributed by atoms with Crippen LogP contribution in [0.1, 0.15) is 13.3 Å². The zero-order valence-corrected chi connectivity index (χ0v) is 13.4. The van der Waals surface area contributed by atoms with E-state index in [0.717, 1.165) is 13.0 Å². The smallest absolute Gasteiger partial charge is 0.319 e. The van der Waals surface area contributed by atoms with Gasteiger partial charge in [-0.2, -0.15) is 0 Å². The minimum atomic E-state index is -0.247. The standard InChI is InChI=1S/C16H22N4O3/c1-3-23-15-11-13(5-6-14(15)22-2)19-16(21)18-7-4-9-20-10-8-17-12-20/h5-6,8,10-12H,3-4,7,9H2,1-2H3,(H2,18,19,21). The second-order valence-corrected chi connectivity index (χ2v) is 4.83. The second kappa shape index (κ2) is 8.67. The molecule has 0 atom stereocenters. The highest BCUT2D eigenvalue weighted by Crippen LogP contribution is 2.30. The minimum absolute atomic E-state index is 0.247. The quantitative estimate of drug-likeness (QED) is 0.733. The first-order chi connectivity index (χ1) is 11.2. The van der Waals surface area contributed by atoms with Crippen LogP contribution >= 0.6 is 0 Å². The molecule has 124 valence electrons. The summed E-state index contributed by atoms with van der Waals surface area (Å²) in [6.07, 6.45) is 6.22. The lowest BCUT2D eigenvalue weighted by Gasteiger charge is -2.12. The molecule has 0 radical (unpaired) electrons. The van der Waals surface area contributed by atoms with Crippen LogP contribution in [-0.4, -0.2) is 35.8 Å². The van der Waals surface area contributed by atoms with Crippen molar-refractivity contribution in [2.24, 2.45) is 0 Å². The van der Waals surface area contributed by atoms with Gasteiger partial charge in [-0.15, -0.1) is 0 Å². The van der Waals surface area contributed by atoms with E-state index < -0.39 is 0 Å². The number of anilines is 1. The van der Waals surface area contributed by atoms with Crippen molar-refractivity contribution >= 4 is 11.7 Å². The van der Waals surface area contributed by atoms with E-state index in [-0.39, 0.29) is 6.03 Å². The van der Waals surface area contributed by atoms with E-state index in [1.807, 2.05) is 17.7 Å². The minimum Gasteiger partial charge on any atom is -0.493 e. The summed E-state index contributed by atoms with van der Waals surface area (Å²) >= 11 is 0. The summed E-state index contributed by atoms with van der Waals surface area (Å²) in [7, 11) is 1.58. The molecule has 0 bridgehead atoms. The van der Waals surface area contributed by atoms with Gasteiger partial charge in [0.05, 0.1) is 20.0 Å².